The molecule has 0 unspecified atom stereocenters. The molecular formula is C19H19BrN4. The minimum absolute atomic E-state index is 0.564. The fourth-order valence-electron chi connectivity index (χ4n) is 2.32. The van der Waals surface area contributed by atoms with E-state index in [1.807, 2.05) is 37.3 Å². The number of nitrogens with one attached hydrogen (secondary N) is 2. The van der Waals surface area contributed by atoms with Crippen molar-refractivity contribution in [2.75, 3.05) is 10.6 Å². The van der Waals surface area contributed by atoms with Crippen LogP contribution in [0.15, 0.2) is 53.0 Å². The van der Waals surface area contributed by atoms with E-state index in [1.54, 1.807) is 0 Å². The minimum atomic E-state index is 0.564. The third-order valence-corrected chi connectivity index (χ3v) is 4.21. The van der Waals surface area contributed by atoms with Crippen molar-refractivity contribution in [2.24, 2.45) is 0 Å². The van der Waals surface area contributed by atoms with Crippen LogP contribution >= 0.6 is 15.9 Å². The molecule has 3 rings (SSSR count). The molecule has 0 fully saturated rings. The highest BCUT2D eigenvalue weighted by molar-refractivity contribution is 9.10. The van der Waals surface area contributed by atoms with Crippen LogP contribution in [0.1, 0.15) is 16.8 Å². The van der Waals surface area contributed by atoms with Crippen molar-refractivity contribution < 1.29 is 0 Å². The van der Waals surface area contributed by atoms with Gasteiger partial charge >= 0.3 is 0 Å². The SMILES string of the molecule is Cc1ccc(Nc2cc(C)nc(Nc3ccc(C)cc3Br)n2)cc1. The predicted molar refractivity (Wildman–Crippen MR) is 103 cm³/mol. The minimum Gasteiger partial charge on any atom is -0.340 e. The summed E-state index contributed by atoms with van der Waals surface area (Å²) in [6, 6.07) is 16.3. The number of aromatic nitrogens is 2. The van der Waals surface area contributed by atoms with Crippen molar-refractivity contribution in [3.63, 3.8) is 0 Å². The van der Waals surface area contributed by atoms with Gasteiger partial charge in [0.15, 0.2) is 0 Å². The molecule has 0 aliphatic carbocycles. The van der Waals surface area contributed by atoms with Crippen LogP contribution in [0.2, 0.25) is 0 Å². The number of hydrogen-bond donors (Lipinski definition) is 2. The molecular weight excluding hydrogens is 364 g/mol. The molecule has 3 aromatic rings. The lowest BCUT2D eigenvalue weighted by Gasteiger charge is -2.11. The Labute approximate surface area is 150 Å². The molecule has 24 heavy (non-hydrogen) atoms. The molecule has 0 aliphatic heterocycles. The maximum atomic E-state index is 4.56. The lowest BCUT2D eigenvalue weighted by atomic mass is 10.2. The lowest BCUT2D eigenvalue weighted by Crippen LogP contribution is -2.02. The molecule has 0 saturated carbocycles. The third kappa shape index (κ3) is 4.11. The summed E-state index contributed by atoms with van der Waals surface area (Å²) in [4.78, 5) is 9.02. The molecule has 5 heteroatoms. The molecule has 1 aromatic heterocycles. The average molecular weight is 383 g/mol. The van der Waals surface area contributed by atoms with Crippen molar-refractivity contribution in [3.8, 4) is 0 Å². The maximum Gasteiger partial charge on any atom is 0.229 e. The molecule has 1 heterocycles. The number of halogens is 1. The van der Waals surface area contributed by atoms with Crippen molar-refractivity contribution in [3.05, 3.63) is 69.8 Å². The molecule has 0 aliphatic rings. The van der Waals surface area contributed by atoms with Crippen LogP contribution in [0.3, 0.4) is 0 Å². The number of nitrogens with zero attached hydrogens (tertiary/aromatic N) is 2. The Kier molecular flexibility index (Phi) is 4.81. The van der Waals surface area contributed by atoms with Crippen LogP contribution < -0.4 is 10.6 Å². The van der Waals surface area contributed by atoms with Crippen LogP contribution in [0.4, 0.5) is 23.1 Å². The van der Waals surface area contributed by atoms with Crippen LogP contribution in [-0.2, 0) is 0 Å². The second-order valence-corrected chi connectivity index (χ2v) is 6.67. The van der Waals surface area contributed by atoms with Gasteiger partial charge in [-0.15, -0.1) is 0 Å². The summed E-state index contributed by atoms with van der Waals surface area (Å²) in [6.07, 6.45) is 0. The van der Waals surface area contributed by atoms with Crippen molar-refractivity contribution in [1.82, 2.24) is 9.97 Å². The summed E-state index contributed by atoms with van der Waals surface area (Å²) in [5.41, 5.74) is 5.25. The molecule has 0 bridgehead atoms. The first kappa shape index (κ1) is 16.5. The van der Waals surface area contributed by atoms with Gasteiger partial charge < -0.3 is 10.6 Å². The van der Waals surface area contributed by atoms with Gasteiger partial charge in [-0.1, -0.05) is 23.8 Å². The quantitative estimate of drug-likeness (QED) is 0.611. The third-order valence-electron chi connectivity index (χ3n) is 3.55. The van der Waals surface area contributed by atoms with Gasteiger partial charge in [0.25, 0.3) is 0 Å². The first-order chi connectivity index (χ1) is 11.5. The van der Waals surface area contributed by atoms with Crippen LogP contribution in [0, 0.1) is 20.8 Å². The zero-order chi connectivity index (χ0) is 17.1. The number of anilines is 4. The molecule has 0 radical (unpaired) electrons. The summed E-state index contributed by atoms with van der Waals surface area (Å²) in [6.45, 7) is 6.08. The molecule has 122 valence electrons. The smallest absolute Gasteiger partial charge is 0.229 e. The summed E-state index contributed by atoms with van der Waals surface area (Å²) < 4.78 is 0.987. The largest absolute Gasteiger partial charge is 0.340 e. The molecule has 0 atom stereocenters. The van der Waals surface area contributed by atoms with Gasteiger partial charge in [-0.05, 0) is 66.5 Å². The van der Waals surface area contributed by atoms with Gasteiger partial charge in [-0.25, -0.2) is 4.98 Å². The van der Waals surface area contributed by atoms with Crippen molar-refractivity contribution >= 4 is 39.1 Å². The number of rotatable bonds is 4. The van der Waals surface area contributed by atoms with E-state index in [1.165, 1.54) is 11.1 Å². The standard InChI is InChI=1S/C19H19BrN4/c1-12-4-7-15(8-5-12)22-18-11-14(3)21-19(24-18)23-17-9-6-13(2)10-16(17)20/h4-11H,1-3H3,(H2,21,22,23,24). The van der Waals surface area contributed by atoms with E-state index >= 15 is 0 Å². The Bertz CT molecular complexity index is 860. The van der Waals surface area contributed by atoms with Gasteiger partial charge in [0, 0.05) is 21.9 Å². The summed E-state index contributed by atoms with van der Waals surface area (Å²) >= 11 is 3.57. The second-order valence-electron chi connectivity index (χ2n) is 5.82. The van der Waals surface area contributed by atoms with Crippen LogP contribution in [0.25, 0.3) is 0 Å². The molecule has 0 spiro atoms. The van der Waals surface area contributed by atoms with E-state index in [2.05, 4.69) is 68.6 Å². The molecule has 4 nitrogen and oxygen atoms in total. The Morgan fingerprint density at radius 1 is 0.792 bits per heavy atom. The highest BCUT2D eigenvalue weighted by atomic mass is 79.9. The summed E-state index contributed by atoms with van der Waals surface area (Å²) in [5.74, 6) is 1.33. The van der Waals surface area contributed by atoms with E-state index in [0.29, 0.717) is 5.95 Å². The monoisotopic (exact) mass is 382 g/mol. The van der Waals surface area contributed by atoms with Crippen molar-refractivity contribution in [1.29, 1.82) is 0 Å². The fraction of sp³-hybridized carbons (Fsp3) is 0.158. The average Bonchev–Trinajstić information content (AvgIpc) is 2.52. The first-order valence-electron chi connectivity index (χ1n) is 7.72. The van der Waals surface area contributed by atoms with E-state index in [9.17, 15) is 0 Å². The van der Waals surface area contributed by atoms with Crippen LogP contribution in [-0.4, -0.2) is 9.97 Å². The molecule has 2 aromatic carbocycles. The Morgan fingerprint density at radius 3 is 2.21 bits per heavy atom. The summed E-state index contributed by atoms with van der Waals surface area (Å²) in [7, 11) is 0. The first-order valence-corrected chi connectivity index (χ1v) is 8.51. The fourth-order valence-corrected chi connectivity index (χ4v) is 2.91. The number of aryl methyl sites for hydroxylation is 3. The zero-order valence-electron chi connectivity index (χ0n) is 13.9. The predicted octanol–water partition coefficient (Wildman–Crippen LogP) is 5.65. The highest BCUT2D eigenvalue weighted by Gasteiger charge is 2.06. The van der Waals surface area contributed by atoms with Gasteiger partial charge in [0.2, 0.25) is 5.95 Å². The Morgan fingerprint density at radius 2 is 1.50 bits per heavy atom. The van der Waals surface area contributed by atoms with E-state index < -0.39 is 0 Å². The number of benzene rings is 2. The Hall–Kier alpha value is -2.40. The number of hydrogen-bond acceptors (Lipinski definition) is 4. The Balaban J connectivity index is 1.84. The zero-order valence-corrected chi connectivity index (χ0v) is 15.5. The topological polar surface area (TPSA) is 49.8 Å². The molecule has 0 saturated heterocycles. The van der Waals surface area contributed by atoms with Crippen LogP contribution in [0.5, 0.6) is 0 Å². The second kappa shape index (κ2) is 7.01. The lowest BCUT2D eigenvalue weighted by molar-refractivity contribution is 1.11. The van der Waals surface area contributed by atoms with E-state index in [-0.39, 0.29) is 0 Å². The molecule has 0 amide bonds. The van der Waals surface area contributed by atoms with E-state index in [4.69, 9.17) is 0 Å². The van der Waals surface area contributed by atoms with Gasteiger partial charge in [-0.3, -0.25) is 0 Å². The van der Waals surface area contributed by atoms with Crippen molar-refractivity contribution in [2.45, 2.75) is 20.8 Å². The normalized spacial score (nSPS) is 10.5. The maximum absolute atomic E-state index is 4.56. The summed E-state index contributed by atoms with van der Waals surface area (Å²) in [5, 5.41) is 6.59. The highest BCUT2D eigenvalue weighted by Crippen LogP contribution is 2.26. The van der Waals surface area contributed by atoms with Gasteiger partial charge in [0.1, 0.15) is 5.82 Å². The van der Waals surface area contributed by atoms with Gasteiger partial charge in [0.05, 0.1) is 5.69 Å². The van der Waals surface area contributed by atoms with E-state index in [0.717, 1.165) is 27.4 Å². The molecule has 2 N–H and O–H groups in total. The van der Waals surface area contributed by atoms with Gasteiger partial charge in [-0.2, -0.15) is 4.98 Å².